The zero-order valence-corrected chi connectivity index (χ0v) is 20.4. The van der Waals surface area contributed by atoms with Crippen LogP contribution >= 0.6 is 0 Å². The Hall–Kier alpha value is -3.33. The molecule has 1 saturated carbocycles. The quantitative estimate of drug-likeness (QED) is 0.640. The van der Waals surface area contributed by atoms with Crippen LogP contribution in [0.3, 0.4) is 0 Å². The van der Waals surface area contributed by atoms with E-state index in [9.17, 15) is 23.2 Å². The summed E-state index contributed by atoms with van der Waals surface area (Å²) in [5, 5.41) is 5.34. The van der Waals surface area contributed by atoms with Gasteiger partial charge in [-0.2, -0.15) is 0 Å². The van der Waals surface area contributed by atoms with Gasteiger partial charge < -0.3 is 20.3 Å². The molecular weight excluding hydrogens is 468 g/mol. The monoisotopic (exact) mass is 499 g/mol. The third kappa shape index (κ3) is 5.90. The minimum atomic E-state index is -0.990. The Morgan fingerprint density at radius 2 is 1.75 bits per heavy atom. The molecule has 1 aliphatic heterocycles. The van der Waals surface area contributed by atoms with Crippen LogP contribution < -0.4 is 10.6 Å². The molecular formula is C27H31F2N3O4. The van der Waals surface area contributed by atoms with Crippen LogP contribution in [-0.4, -0.2) is 53.9 Å². The molecule has 192 valence electrons. The molecule has 2 aromatic carbocycles. The van der Waals surface area contributed by atoms with Crippen molar-refractivity contribution in [3.05, 3.63) is 71.3 Å². The lowest BCUT2D eigenvalue weighted by molar-refractivity contribution is -0.138. The number of likely N-dealkylation sites (N-methyl/N-ethyl adjacent to an activating group) is 1. The summed E-state index contributed by atoms with van der Waals surface area (Å²) in [5.41, 5.74) is 0.930. The number of nitrogens with zero attached hydrogens (tertiary/aromatic N) is 1. The highest BCUT2D eigenvalue weighted by atomic mass is 19.1. The number of amides is 3. The van der Waals surface area contributed by atoms with Gasteiger partial charge in [0, 0.05) is 13.1 Å². The van der Waals surface area contributed by atoms with Crippen LogP contribution in [0.2, 0.25) is 0 Å². The molecule has 2 fully saturated rings. The van der Waals surface area contributed by atoms with Crippen molar-refractivity contribution in [1.29, 1.82) is 0 Å². The van der Waals surface area contributed by atoms with E-state index in [1.807, 2.05) is 30.3 Å². The molecule has 1 saturated heterocycles. The van der Waals surface area contributed by atoms with Crippen molar-refractivity contribution in [3.63, 3.8) is 0 Å². The molecule has 0 radical (unpaired) electrons. The Kier molecular flexibility index (Phi) is 7.98. The molecule has 4 rings (SSSR count). The van der Waals surface area contributed by atoms with E-state index in [2.05, 4.69) is 10.6 Å². The molecule has 36 heavy (non-hydrogen) atoms. The van der Waals surface area contributed by atoms with Crippen LogP contribution in [0.1, 0.15) is 49.8 Å². The lowest BCUT2D eigenvalue weighted by atomic mass is 9.91. The van der Waals surface area contributed by atoms with Crippen molar-refractivity contribution in [1.82, 2.24) is 15.5 Å². The first-order valence-electron chi connectivity index (χ1n) is 12.2. The number of halogens is 2. The predicted molar refractivity (Wildman–Crippen MR) is 129 cm³/mol. The van der Waals surface area contributed by atoms with Crippen LogP contribution in [0.25, 0.3) is 0 Å². The average Bonchev–Trinajstić information content (AvgIpc) is 2.94. The van der Waals surface area contributed by atoms with Gasteiger partial charge in [-0.15, -0.1) is 0 Å². The second kappa shape index (κ2) is 11.2. The topological polar surface area (TPSA) is 87.7 Å². The van der Waals surface area contributed by atoms with Crippen molar-refractivity contribution in [2.75, 3.05) is 7.05 Å². The fourth-order valence-corrected chi connectivity index (χ4v) is 5.04. The van der Waals surface area contributed by atoms with Gasteiger partial charge in [0.25, 0.3) is 0 Å². The van der Waals surface area contributed by atoms with E-state index in [0.717, 1.165) is 49.4 Å². The molecule has 7 nitrogen and oxygen atoms in total. The van der Waals surface area contributed by atoms with Gasteiger partial charge in [-0.1, -0.05) is 43.2 Å². The fourth-order valence-electron chi connectivity index (χ4n) is 5.04. The molecule has 3 amide bonds. The molecule has 0 spiro atoms. The third-order valence-electron chi connectivity index (χ3n) is 6.89. The van der Waals surface area contributed by atoms with Gasteiger partial charge in [-0.05, 0) is 43.0 Å². The highest BCUT2D eigenvalue weighted by molar-refractivity contribution is 5.92. The van der Waals surface area contributed by atoms with Gasteiger partial charge in [-0.3, -0.25) is 14.4 Å². The Labute approximate surface area is 209 Å². The first-order chi connectivity index (χ1) is 17.2. The number of hydrogen-bond acceptors (Lipinski definition) is 4. The van der Waals surface area contributed by atoms with Crippen molar-refractivity contribution < 1.29 is 27.9 Å². The number of nitrogens with one attached hydrogen (secondary N) is 2. The maximum atomic E-state index is 13.5. The maximum Gasteiger partial charge on any atom is 0.248 e. The molecule has 5 atom stereocenters. The largest absolute Gasteiger partial charge is 0.365 e. The number of ether oxygens (including phenoxy) is 1. The highest BCUT2D eigenvalue weighted by Gasteiger charge is 2.44. The highest BCUT2D eigenvalue weighted by Crippen LogP contribution is 2.35. The summed E-state index contributed by atoms with van der Waals surface area (Å²) in [6, 6.07) is 10.1. The number of benzene rings is 2. The third-order valence-corrected chi connectivity index (χ3v) is 6.89. The number of carbonyl (C=O) groups excluding carboxylic acids is 3. The number of carbonyl (C=O) groups is 3. The van der Waals surface area contributed by atoms with Gasteiger partial charge in [-0.25, -0.2) is 8.78 Å². The van der Waals surface area contributed by atoms with Crippen molar-refractivity contribution >= 4 is 17.7 Å². The Bertz CT molecular complexity index is 1090. The average molecular weight is 500 g/mol. The van der Waals surface area contributed by atoms with Crippen LogP contribution in [0.5, 0.6) is 0 Å². The normalized spacial score (nSPS) is 24.9. The van der Waals surface area contributed by atoms with E-state index < -0.39 is 41.6 Å². The number of hydrogen-bond donors (Lipinski definition) is 2. The lowest BCUT2D eigenvalue weighted by Crippen LogP contribution is -2.55. The minimum absolute atomic E-state index is 0.0665. The first-order valence-corrected chi connectivity index (χ1v) is 12.2. The van der Waals surface area contributed by atoms with Crippen molar-refractivity contribution in [3.8, 4) is 0 Å². The SMILES string of the molecule is C[C@H](NC(=O)Cc1cc(F)cc(F)c1)C(=O)N[C@@H]1C(=O)N(C)[C@@H]2CCCC[C@H]2O[C@@H]1c1ccccc1. The Balaban J connectivity index is 1.49. The van der Waals surface area contributed by atoms with Gasteiger partial charge in [0.05, 0.1) is 18.6 Å². The van der Waals surface area contributed by atoms with E-state index in [-0.39, 0.29) is 30.0 Å². The second-order valence-electron chi connectivity index (χ2n) is 9.54. The van der Waals surface area contributed by atoms with E-state index in [1.54, 1.807) is 11.9 Å². The molecule has 2 aliphatic rings. The molecule has 0 bridgehead atoms. The number of fused-ring (bicyclic) bond motifs is 1. The summed E-state index contributed by atoms with van der Waals surface area (Å²) in [5.74, 6) is -2.96. The summed E-state index contributed by atoms with van der Waals surface area (Å²) in [4.78, 5) is 40.7. The Morgan fingerprint density at radius 1 is 1.08 bits per heavy atom. The zero-order chi connectivity index (χ0) is 25.8. The van der Waals surface area contributed by atoms with Gasteiger partial charge in [0.1, 0.15) is 29.8 Å². The summed E-state index contributed by atoms with van der Waals surface area (Å²) in [6.45, 7) is 1.49. The fraction of sp³-hybridized carbons (Fsp3) is 0.444. The van der Waals surface area contributed by atoms with Crippen LogP contribution in [0.4, 0.5) is 8.78 Å². The molecule has 0 unspecified atom stereocenters. The van der Waals surface area contributed by atoms with Crippen molar-refractivity contribution in [2.24, 2.45) is 0 Å². The van der Waals surface area contributed by atoms with E-state index in [1.165, 1.54) is 6.92 Å². The predicted octanol–water partition coefficient (Wildman–Crippen LogP) is 3.04. The summed E-state index contributed by atoms with van der Waals surface area (Å²) >= 11 is 0. The molecule has 9 heteroatoms. The summed E-state index contributed by atoms with van der Waals surface area (Å²) in [7, 11) is 1.74. The van der Waals surface area contributed by atoms with E-state index in [4.69, 9.17) is 4.74 Å². The van der Waals surface area contributed by atoms with Crippen LogP contribution in [0.15, 0.2) is 48.5 Å². The van der Waals surface area contributed by atoms with Gasteiger partial charge >= 0.3 is 0 Å². The molecule has 2 N–H and O–H groups in total. The number of rotatable bonds is 6. The van der Waals surface area contributed by atoms with Crippen LogP contribution in [-0.2, 0) is 25.5 Å². The molecule has 2 aromatic rings. The Morgan fingerprint density at radius 3 is 2.44 bits per heavy atom. The standard InChI is InChI=1S/C27H31F2N3O4/c1-16(30-23(33)14-17-12-19(28)15-20(29)13-17)26(34)31-24-25(18-8-4-3-5-9-18)36-22-11-7-6-10-21(22)32(2)27(24)35/h3-5,8-9,12-13,15-16,21-22,24-25H,6-7,10-11,14H2,1-2H3,(H,30,33)(H,31,34)/t16-,21+,22+,24-,25+/m0/s1. The minimum Gasteiger partial charge on any atom is -0.365 e. The smallest absolute Gasteiger partial charge is 0.248 e. The molecule has 1 aliphatic carbocycles. The first kappa shape index (κ1) is 25.8. The molecule has 0 aromatic heterocycles. The van der Waals surface area contributed by atoms with Crippen LogP contribution in [0, 0.1) is 11.6 Å². The van der Waals surface area contributed by atoms with Gasteiger partial charge in [0.2, 0.25) is 17.7 Å². The zero-order valence-electron chi connectivity index (χ0n) is 20.4. The lowest BCUT2D eigenvalue weighted by Gasteiger charge is -2.35. The summed E-state index contributed by atoms with van der Waals surface area (Å²) in [6.07, 6.45) is 2.57. The molecule has 1 heterocycles. The van der Waals surface area contributed by atoms with Crippen molar-refractivity contribution in [2.45, 2.75) is 69.4 Å². The maximum absolute atomic E-state index is 13.5. The summed E-state index contributed by atoms with van der Waals surface area (Å²) < 4.78 is 33.4. The van der Waals surface area contributed by atoms with E-state index in [0.29, 0.717) is 0 Å². The van der Waals surface area contributed by atoms with Gasteiger partial charge in [0.15, 0.2) is 0 Å². The second-order valence-corrected chi connectivity index (χ2v) is 9.54. The van der Waals surface area contributed by atoms with E-state index >= 15 is 0 Å².